The van der Waals surface area contributed by atoms with Crippen LogP contribution >= 0.6 is 0 Å². The molecule has 0 aliphatic carbocycles. The lowest BCUT2D eigenvalue weighted by Crippen LogP contribution is -2.36. The van der Waals surface area contributed by atoms with Crippen LogP contribution in [0.2, 0.25) is 0 Å². The molecule has 0 unspecified atom stereocenters. The molecule has 0 saturated carbocycles. The molecule has 0 fully saturated rings. The number of aryl methyl sites for hydroxylation is 1. The lowest BCUT2D eigenvalue weighted by atomic mass is 9.98. The Morgan fingerprint density at radius 2 is 1.86 bits per heavy atom. The monoisotopic (exact) mass is 379 g/mol. The highest BCUT2D eigenvalue weighted by molar-refractivity contribution is 5.95. The summed E-state index contributed by atoms with van der Waals surface area (Å²) in [5, 5.41) is 22.4. The first-order valence-electron chi connectivity index (χ1n) is 9.27. The van der Waals surface area contributed by atoms with Gasteiger partial charge in [0.15, 0.2) is 0 Å². The number of hydrogen-bond donors (Lipinski definition) is 4. The third-order valence-electron chi connectivity index (χ3n) is 4.74. The van der Waals surface area contributed by atoms with Crippen molar-refractivity contribution in [1.82, 2.24) is 4.98 Å². The van der Waals surface area contributed by atoms with Crippen molar-refractivity contribution in [3.63, 3.8) is 0 Å². The zero-order chi connectivity index (χ0) is 20.1. The fourth-order valence-electron chi connectivity index (χ4n) is 3.29. The Kier molecular flexibility index (Phi) is 6.36. The van der Waals surface area contributed by atoms with Crippen LogP contribution in [-0.4, -0.2) is 33.8 Å². The van der Waals surface area contributed by atoms with Gasteiger partial charge in [-0.15, -0.1) is 0 Å². The number of anilines is 1. The Morgan fingerprint density at radius 1 is 1.11 bits per heavy atom. The molecule has 0 aliphatic rings. The molecule has 1 atom stereocenters. The van der Waals surface area contributed by atoms with Crippen LogP contribution in [0.15, 0.2) is 48.5 Å². The number of aromatic nitrogens is 1. The van der Waals surface area contributed by atoms with Gasteiger partial charge in [0.2, 0.25) is 5.91 Å². The maximum absolute atomic E-state index is 12.3. The van der Waals surface area contributed by atoms with Crippen LogP contribution < -0.4 is 11.1 Å². The second-order valence-electron chi connectivity index (χ2n) is 6.84. The normalized spacial score (nSPS) is 12.1. The van der Waals surface area contributed by atoms with Crippen molar-refractivity contribution in [2.75, 3.05) is 11.9 Å². The van der Waals surface area contributed by atoms with Crippen molar-refractivity contribution in [2.45, 2.75) is 32.4 Å². The van der Waals surface area contributed by atoms with Gasteiger partial charge in [0.05, 0.1) is 18.2 Å². The number of aliphatic hydroxyl groups is 2. The number of para-hydroxylation sites is 2. The Morgan fingerprint density at radius 3 is 2.61 bits per heavy atom. The standard InChI is InChI=1S/C22H25N3O3/c1-14-11-17(13-27)18-7-4-6-16(21(18)24-14)12-15-5-2-3-8-20(15)25-22(28)19(23)9-10-26/h2-8,11,19,26-27H,9-10,12-13,23H2,1H3,(H,25,28)/t19-/m1/s1. The van der Waals surface area contributed by atoms with Gasteiger partial charge >= 0.3 is 0 Å². The largest absolute Gasteiger partial charge is 0.396 e. The number of nitrogens with two attached hydrogens (primary N) is 1. The third-order valence-corrected chi connectivity index (χ3v) is 4.74. The van der Waals surface area contributed by atoms with E-state index < -0.39 is 6.04 Å². The summed E-state index contributed by atoms with van der Waals surface area (Å²) in [6, 6.07) is 14.6. The molecular weight excluding hydrogens is 354 g/mol. The van der Waals surface area contributed by atoms with Crippen LogP contribution in [0.5, 0.6) is 0 Å². The Balaban J connectivity index is 1.95. The second-order valence-corrected chi connectivity index (χ2v) is 6.84. The minimum atomic E-state index is -0.757. The molecule has 6 heteroatoms. The van der Waals surface area contributed by atoms with E-state index in [0.717, 1.165) is 33.3 Å². The van der Waals surface area contributed by atoms with Crippen molar-refractivity contribution in [2.24, 2.45) is 5.73 Å². The molecule has 3 aromatic rings. The Hall–Kier alpha value is -2.80. The molecule has 1 amide bonds. The first-order valence-corrected chi connectivity index (χ1v) is 9.27. The van der Waals surface area contributed by atoms with Crippen LogP contribution in [-0.2, 0) is 17.8 Å². The second kappa shape index (κ2) is 8.93. The van der Waals surface area contributed by atoms with E-state index in [1.54, 1.807) is 0 Å². The quantitative estimate of drug-likeness (QED) is 0.504. The summed E-state index contributed by atoms with van der Waals surface area (Å²) in [6.07, 6.45) is 0.787. The summed E-state index contributed by atoms with van der Waals surface area (Å²) >= 11 is 0. The summed E-state index contributed by atoms with van der Waals surface area (Å²) in [4.78, 5) is 16.9. The van der Waals surface area contributed by atoms with E-state index in [0.29, 0.717) is 12.1 Å². The summed E-state index contributed by atoms with van der Waals surface area (Å²) in [6.45, 7) is 1.73. The fraction of sp³-hybridized carbons (Fsp3) is 0.273. The topological polar surface area (TPSA) is 108 Å². The summed E-state index contributed by atoms with van der Waals surface area (Å²) in [7, 11) is 0. The zero-order valence-electron chi connectivity index (χ0n) is 15.9. The molecular formula is C22H25N3O3. The Labute approximate surface area is 164 Å². The number of nitrogens with one attached hydrogen (secondary N) is 1. The lowest BCUT2D eigenvalue weighted by molar-refractivity contribution is -0.117. The van der Waals surface area contributed by atoms with Crippen LogP contribution in [0.4, 0.5) is 5.69 Å². The van der Waals surface area contributed by atoms with Crippen LogP contribution in [0, 0.1) is 6.92 Å². The van der Waals surface area contributed by atoms with E-state index in [4.69, 9.17) is 10.8 Å². The van der Waals surface area contributed by atoms with E-state index in [1.165, 1.54) is 0 Å². The van der Waals surface area contributed by atoms with Gasteiger partial charge in [0.1, 0.15) is 0 Å². The van der Waals surface area contributed by atoms with Gasteiger partial charge in [-0.25, -0.2) is 0 Å². The first kappa shape index (κ1) is 19.9. The van der Waals surface area contributed by atoms with Crippen LogP contribution in [0.25, 0.3) is 10.9 Å². The Bertz CT molecular complexity index is 988. The number of aliphatic hydroxyl groups excluding tert-OH is 2. The minimum absolute atomic E-state index is 0.0430. The zero-order valence-corrected chi connectivity index (χ0v) is 15.9. The number of benzene rings is 2. The summed E-state index contributed by atoms with van der Waals surface area (Å²) < 4.78 is 0. The molecule has 146 valence electrons. The smallest absolute Gasteiger partial charge is 0.241 e. The number of hydrogen-bond acceptors (Lipinski definition) is 5. The minimum Gasteiger partial charge on any atom is -0.396 e. The van der Waals surface area contributed by atoms with Crippen molar-refractivity contribution in [3.05, 3.63) is 70.9 Å². The number of fused-ring (bicyclic) bond motifs is 1. The van der Waals surface area contributed by atoms with Crippen molar-refractivity contribution in [3.8, 4) is 0 Å². The molecule has 28 heavy (non-hydrogen) atoms. The SMILES string of the molecule is Cc1cc(CO)c2cccc(Cc3ccccc3NC(=O)[C@H](N)CCO)c2n1. The lowest BCUT2D eigenvalue weighted by Gasteiger charge is -2.15. The number of pyridine rings is 1. The first-order chi connectivity index (χ1) is 13.5. The highest BCUT2D eigenvalue weighted by Crippen LogP contribution is 2.26. The third kappa shape index (κ3) is 4.36. The summed E-state index contributed by atoms with van der Waals surface area (Å²) in [5.41, 5.74) is 11.0. The molecule has 0 saturated heterocycles. The molecule has 0 radical (unpaired) electrons. The highest BCUT2D eigenvalue weighted by Gasteiger charge is 2.15. The molecule has 6 nitrogen and oxygen atoms in total. The maximum Gasteiger partial charge on any atom is 0.241 e. The molecule has 0 spiro atoms. The number of amides is 1. The average molecular weight is 379 g/mol. The number of nitrogens with zero attached hydrogens (tertiary/aromatic N) is 1. The summed E-state index contributed by atoms with van der Waals surface area (Å²) in [5.74, 6) is -0.323. The molecule has 1 aromatic heterocycles. The van der Waals surface area contributed by atoms with E-state index >= 15 is 0 Å². The van der Waals surface area contributed by atoms with Crippen molar-refractivity contribution >= 4 is 22.5 Å². The van der Waals surface area contributed by atoms with Gasteiger partial charge in [-0.2, -0.15) is 0 Å². The fourth-order valence-corrected chi connectivity index (χ4v) is 3.29. The molecule has 0 aliphatic heterocycles. The van der Waals surface area contributed by atoms with Crippen LogP contribution in [0.3, 0.4) is 0 Å². The van der Waals surface area contributed by atoms with Gasteiger partial charge in [0, 0.05) is 29.8 Å². The number of carbonyl (C=O) groups is 1. The molecule has 0 bridgehead atoms. The van der Waals surface area contributed by atoms with Gasteiger partial charge in [-0.1, -0.05) is 36.4 Å². The van der Waals surface area contributed by atoms with Gasteiger partial charge in [0.25, 0.3) is 0 Å². The van der Waals surface area contributed by atoms with Gasteiger partial charge in [-0.05, 0) is 42.2 Å². The van der Waals surface area contributed by atoms with Gasteiger partial charge in [-0.3, -0.25) is 9.78 Å². The molecule has 5 N–H and O–H groups in total. The maximum atomic E-state index is 12.3. The van der Waals surface area contributed by atoms with E-state index in [9.17, 15) is 9.90 Å². The van der Waals surface area contributed by atoms with Crippen LogP contribution in [0.1, 0.15) is 28.8 Å². The van der Waals surface area contributed by atoms with E-state index in [1.807, 2.05) is 55.5 Å². The molecule has 1 heterocycles. The van der Waals surface area contributed by atoms with E-state index in [2.05, 4.69) is 10.3 Å². The number of rotatable bonds is 7. The molecule has 2 aromatic carbocycles. The average Bonchev–Trinajstić information content (AvgIpc) is 2.69. The van der Waals surface area contributed by atoms with Crippen molar-refractivity contribution < 1.29 is 15.0 Å². The van der Waals surface area contributed by atoms with E-state index in [-0.39, 0.29) is 25.5 Å². The van der Waals surface area contributed by atoms with Crippen molar-refractivity contribution in [1.29, 1.82) is 0 Å². The number of carbonyl (C=O) groups excluding carboxylic acids is 1. The predicted molar refractivity (Wildman–Crippen MR) is 110 cm³/mol. The predicted octanol–water partition coefficient (Wildman–Crippen LogP) is 2.27. The highest BCUT2D eigenvalue weighted by atomic mass is 16.3. The molecule has 3 rings (SSSR count). The van der Waals surface area contributed by atoms with Gasteiger partial charge < -0.3 is 21.3 Å².